The summed E-state index contributed by atoms with van der Waals surface area (Å²) >= 11 is 6.02. The van der Waals surface area contributed by atoms with Crippen LogP contribution in [0.1, 0.15) is 51.0 Å². The Morgan fingerprint density at radius 1 is 1.09 bits per heavy atom. The molecule has 6 heteroatoms. The van der Waals surface area contributed by atoms with Crippen LogP contribution >= 0.6 is 11.6 Å². The molecule has 2 amide bonds. The minimum atomic E-state index is -0.517. The predicted octanol–water partition coefficient (Wildman–Crippen LogP) is 5.02. The van der Waals surface area contributed by atoms with Gasteiger partial charge < -0.3 is 15.0 Å². The van der Waals surface area contributed by atoms with Crippen molar-refractivity contribution in [2.24, 2.45) is 0 Å². The van der Waals surface area contributed by atoms with Gasteiger partial charge in [-0.15, -0.1) is 0 Å². The van der Waals surface area contributed by atoms with E-state index in [0.717, 1.165) is 31.2 Å². The first-order valence-electron chi connectivity index (χ1n) is 11.6. The van der Waals surface area contributed by atoms with E-state index in [1.54, 1.807) is 29.2 Å². The first-order chi connectivity index (χ1) is 15.6. The summed E-state index contributed by atoms with van der Waals surface area (Å²) in [6, 6.07) is 16.7. The van der Waals surface area contributed by atoms with E-state index in [1.807, 2.05) is 37.3 Å². The van der Waals surface area contributed by atoms with E-state index >= 15 is 0 Å². The average molecular weight is 457 g/mol. The fourth-order valence-corrected chi connectivity index (χ4v) is 4.41. The van der Waals surface area contributed by atoms with Gasteiger partial charge in [-0.1, -0.05) is 74.2 Å². The maximum absolute atomic E-state index is 13.2. The number of hydrogen-bond donors (Lipinski definition) is 1. The van der Waals surface area contributed by atoms with Gasteiger partial charge in [-0.25, -0.2) is 0 Å². The van der Waals surface area contributed by atoms with Gasteiger partial charge in [-0.3, -0.25) is 9.59 Å². The first-order valence-corrected chi connectivity index (χ1v) is 12.0. The second kappa shape index (κ2) is 12.5. The highest BCUT2D eigenvalue weighted by molar-refractivity contribution is 6.30. The summed E-state index contributed by atoms with van der Waals surface area (Å²) in [5, 5.41) is 3.74. The van der Waals surface area contributed by atoms with Crippen LogP contribution in [-0.2, 0) is 16.0 Å². The quantitative estimate of drug-likeness (QED) is 0.546. The molecule has 0 aromatic heterocycles. The molecule has 1 aliphatic rings. The number of hydrogen-bond acceptors (Lipinski definition) is 3. The smallest absolute Gasteiger partial charge is 0.261 e. The number of nitrogens with one attached hydrogen (secondary N) is 1. The van der Waals surface area contributed by atoms with E-state index in [1.165, 1.54) is 6.42 Å². The Hall–Kier alpha value is -2.53. The highest BCUT2D eigenvalue weighted by Gasteiger charge is 2.30. The molecule has 5 nitrogen and oxygen atoms in total. The monoisotopic (exact) mass is 456 g/mol. The lowest BCUT2D eigenvalue weighted by Gasteiger charge is -2.32. The average Bonchev–Trinajstić information content (AvgIpc) is 2.81. The molecule has 1 atom stereocenters. The van der Waals surface area contributed by atoms with Gasteiger partial charge in [0.15, 0.2) is 6.61 Å². The van der Waals surface area contributed by atoms with Gasteiger partial charge in [-0.05, 0) is 49.4 Å². The molecule has 2 aromatic carbocycles. The van der Waals surface area contributed by atoms with Crippen LogP contribution in [0.3, 0.4) is 0 Å². The van der Waals surface area contributed by atoms with Crippen LogP contribution in [0.4, 0.5) is 0 Å². The van der Waals surface area contributed by atoms with Crippen LogP contribution in [0.5, 0.6) is 5.75 Å². The van der Waals surface area contributed by atoms with Crippen molar-refractivity contribution in [1.82, 2.24) is 10.2 Å². The SMILES string of the molecule is CCC(C(=O)NC1CCCCC1)N(CCc1ccccc1)C(=O)COc1cccc(Cl)c1. The van der Waals surface area contributed by atoms with Crippen molar-refractivity contribution in [1.29, 1.82) is 0 Å². The number of benzene rings is 2. The van der Waals surface area contributed by atoms with Crippen molar-refractivity contribution in [3.8, 4) is 5.75 Å². The minimum Gasteiger partial charge on any atom is -0.484 e. The van der Waals surface area contributed by atoms with Gasteiger partial charge in [0.25, 0.3) is 5.91 Å². The highest BCUT2D eigenvalue weighted by Crippen LogP contribution is 2.19. The van der Waals surface area contributed by atoms with Crippen LogP contribution in [0.2, 0.25) is 5.02 Å². The third-order valence-electron chi connectivity index (χ3n) is 5.98. The zero-order valence-electron chi connectivity index (χ0n) is 18.8. The molecular weight excluding hydrogens is 424 g/mol. The van der Waals surface area contributed by atoms with Gasteiger partial charge in [0.1, 0.15) is 11.8 Å². The number of nitrogens with zero attached hydrogens (tertiary/aromatic N) is 1. The standard InChI is InChI=1S/C26H33ClN2O3/c1-2-24(26(31)28-22-13-7-4-8-14-22)29(17-16-20-10-5-3-6-11-20)25(30)19-32-23-15-9-12-21(27)18-23/h3,5-6,9-12,15,18,22,24H,2,4,7-8,13-14,16-17,19H2,1H3,(H,28,31). The largest absolute Gasteiger partial charge is 0.484 e. The van der Waals surface area contributed by atoms with Crippen LogP contribution in [0.25, 0.3) is 0 Å². The van der Waals surface area contributed by atoms with Gasteiger partial charge in [0.05, 0.1) is 0 Å². The highest BCUT2D eigenvalue weighted by atomic mass is 35.5. The summed E-state index contributed by atoms with van der Waals surface area (Å²) in [7, 11) is 0. The number of amides is 2. The fourth-order valence-electron chi connectivity index (χ4n) is 4.22. The maximum atomic E-state index is 13.2. The molecule has 32 heavy (non-hydrogen) atoms. The first kappa shape index (κ1) is 24.1. The topological polar surface area (TPSA) is 58.6 Å². The van der Waals surface area contributed by atoms with Crippen LogP contribution in [0.15, 0.2) is 54.6 Å². The molecule has 1 fully saturated rings. The van der Waals surface area contributed by atoms with Gasteiger partial charge in [0.2, 0.25) is 5.91 Å². The van der Waals surface area contributed by atoms with Crippen LogP contribution in [-0.4, -0.2) is 41.9 Å². The second-order valence-electron chi connectivity index (χ2n) is 8.34. The summed E-state index contributed by atoms with van der Waals surface area (Å²) in [4.78, 5) is 28.0. The lowest BCUT2D eigenvalue weighted by atomic mass is 9.95. The Morgan fingerprint density at radius 3 is 2.53 bits per heavy atom. The number of halogens is 1. The molecule has 1 aliphatic carbocycles. The summed E-state index contributed by atoms with van der Waals surface area (Å²) in [6.45, 7) is 2.27. The number of rotatable bonds is 10. The number of ether oxygens (including phenoxy) is 1. The molecule has 1 saturated carbocycles. The Balaban J connectivity index is 1.69. The lowest BCUT2D eigenvalue weighted by molar-refractivity contribution is -0.142. The molecule has 1 N–H and O–H groups in total. The maximum Gasteiger partial charge on any atom is 0.261 e. The van der Waals surface area contributed by atoms with Gasteiger partial charge in [-0.2, -0.15) is 0 Å². The van der Waals surface area contributed by atoms with E-state index in [4.69, 9.17) is 16.3 Å². The van der Waals surface area contributed by atoms with Crippen molar-refractivity contribution in [3.63, 3.8) is 0 Å². The fraction of sp³-hybridized carbons (Fsp3) is 0.462. The van der Waals surface area contributed by atoms with E-state index in [0.29, 0.717) is 30.2 Å². The molecule has 0 heterocycles. The summed E-state index contributed by atoms with van der Waals surface area (Å²) in [6.07, 6.45) is 6.77. The Morgan fingerprint density at radius 2 is 1.84 bits per heavy atom. The van der Waals surface area contributed by atoms with E-state index in [2.05, 4.69) is 5.32 Å². The van der Waals surface area contributed by atoms with E-state index < -0.39 is 6.04 Å². The second-order valence-corrected chi connectivity index (χ2v) is 8.77. The molecular formula is C26H33ClN2O3. The molecule has 172 valence electrons. The summed E-state index contributed by atoms with van der Waals surface area (Å²) < 4.78 is 5.70. The van der Waals surface area contributed by atoms with Crippen LogP contribution in [0, 0.1) is 0 Å². The van der Waals surface area contributed by atoms with Crippen molar-refractivity contribution < 1.29 is 14.3 Å². The Bertz CT molecular complexity index is 868. The van der Waals surface area contributed by atoms with Crippen LogP contribution < -0.4 is 10.1 Å². The lowest BCUT2D eigenvalue weighted by Crippen LogP contribution is -2.53. The molecule has 0 radical (unpaired) electrons. The Kier molecular flexibility index (Phi) is 9.42. The third-order valence-corrected chi connectivity index (χ3v) is 6.22. The van der Waals surface area contributed by atoms with Crippen molar-refractivity contribution in [3.05, 3.63) is 65.2 Å². The minimum absolute atomic E-state index is 0.0661. The van der Waals surface area contributed by atoms with Gasteiger partial charge in [0, 0.05) is 17.6 Å². The van der Waals surface area contributed by atoms with E-state index in [9.17, 15) is 9.59 Å². The number of carbonyl (C=O) groups is 2. The Labute approximate surface area is 196 Å². The molecule has 0 saturated heterocycles. The van der Waals surface area contributed by atoms with Crippen molar-refractivity contribution in [2.75, 3.05) is 13.2 Å². The van der Waals surface area contributed by atoms with Crippen molar-refractivity contribution in [2.45, 2.75) is 64.0 Å². The number of carbonyl (C=O) groups excluding carboxylic acids is 2. The molecule has 1 unspecified atom stereocenters. The molecule has 0 bridgehead atoms. The zero-order valence-corrected chi connectivity index (χ0v) is 19.5. The van der Waals surface area contributed by atoms with Crippen molar-refractivity contribution >= 4 is 23.4 Å². The zero-order chi connectivity index (χ0) is 22.8. The van der Waals surface area contributed by atoms with E-state index in [-0.39, 0.29) is 24.5 Å². The normalized spacial score (nSPS) is 15.1. The van der Waals surface area contributed by atoms with Gasteiger partial charge >= 0.3 is 0 Å². The molecule has 0 spiro atoms. The predicted molar refractivity (Wildman–Crippen MR) is 128 cm³/mol. The summed E-state index contributed by atoms with van der Waals surface area (Å²) in [5.41, 5.74) is 1.13. The third kappa shape index (κ3) is 7.27. The molecule has 3 rings (SSSR count). The molecule has 0 aliphatic heterocycles. The summed E-state index contributed by atoms with van der Waals surface area (Å²) in [5.74, 6) is 0.267. The molecule has 2 aromatic rings.